The fraction of sp³-hybridized carbons (Fsp3) is 0.143. The highest BCUT2D eigenvalue weighted by atomic mass is 16.6. The lowest BCUT2D eigenvalue weighted by molar-refractivity contribution is -0.384. The highest BCUT2D eigenvalue weighted by Gasteiger charge is 2.19. The molecule has 1 aromatic heterocycles. The minimum atomic E-state index is -0.479. The van der Waals surface area contributed by atoms with E-state index in [1.807, 2.05) is 0 Å². The average molecular weight is 284 g/mol. The zero-order chi connectivity index (χ0) is 15.0. The molecule has 2 N–H and O–H groups in total. The Kier molecular flexibility index (Phi) is 3.02. The van der Waals surface area contributed by atoms with Crippen LogP contribution in [0.15, 0.2) is 30.3 Å². The number of carbonyl (C=O) groups is 1. The number of hydrogen-bond donors (Lipinski definition) is 2. The fourth-order valence-corrected chi connectivity index (χ4v) is 2.23. The average Bonchev–Trinajstić information content (AvgIpc) is 2.77. The number of nitrogens with zero attached hydrogens (tertiary/aromatic N) is 2. The first-order valence-electron chi connectivity index (χ1n) is 6.35. The first-order valence-corrected chi connectivity index (χ1v) is 6.35. The summed E-state index contributed by atoms with van der Waals surface area (Å²) in [4.78, 5) is 26.0. The molecular formula is C14H12N4O3. The minimum Gasteiger partial charge on any atom is -0.334 e. The van der Waals surface area contributed by atoms with Gasteiger partial charge in [0.1, 0.15) is 0 Å². The van der Waals surface area contributed by atoms with Gasteiger partial charge in [-0.15, -0.1) is 0 Å². The van der Waals surface area contributed by atoms with E-state index >= 15 is 0 Å². The van der Waals surface area contributed by atoms with Crippen LogP contribution in [-0.2, 0) is 11.2 Å². The molecule has 0 bridgehead atoms. The molecule has 1 aliphatic rings. The zero-order valence-corrected chi connectivity index (χ0v) is 11.2. The van der Waals surface area contributed by atoms with E-state index in [-0.39, 0.29) is 17.4 Å². The van der Waals surface area contributed by atoms with Crippen molar-refractivity contribution in [2.45, 2.75) is 13.3 Å². The normalized spacial score (nSPS) is 12.7. The fourth-order valence-electron chi connectivity index (χ4n) is 2.23. The molecule has 1 amide bonds. The lowest BCUT2D eigenvalue weighted by Gasteiger charge is -2.08. The van der Waals surface area contributed by atoms with E-state index in [4.69, 9.17) is 0 Å². The maximum Gasteiger partial charge on any atom is 0.311 e. The number of nitro groups is 1. The number of anilines is 3. The smallest absolute Gasteiger partial charge is 0.311 e. The van der Waals surface area contributed by atoms with Gasteiger partial charge in [-0.05, 0) is 36.8 Å². The van der Waals surface area contributed by atoms with Gasteiger partial charge in [-0.1, -0.05) is 0 Å². The number of benzene rings is 1. The van der Waals surface area contributed by atoms with Gasteiger partial charge in [-0.2, -0.15) is 0 Å². The van der Waals surface area contributed by atoms with Gasteiger partial charge in [-0.25, -0.2) is 4.98 Å². The van der Waals surface area contributed by atoms with E-state index in [1.165, 1.54) is 6.07 Å². The molecule has 2 heterocycles. The number of rotatable bonds is 3. The molecule has 1 aliphatic heterocycles. The molecule has 0 atom stereocenters. The molecule has 106 valence electrons. The van der Waals surface area contributed by atoms with Gasteiger partial charge in [0.15, 0.2) is 0 Å². The summed E-state index contributed by atoms with van der Waals surface area (Å²) in [7, 11) is 0. The summed E-state index contributed by atoms with van der Waals surface area (Å²) in [5.74, 6) is 0.138. The third kappa shape index (κ3) is 2.53. The van der Waals surface area contributed by atoms with Gasteiger partial charge in [-0.3, -0.25) is 14.9 Å². The Morgan fingerprint density at radius 3 is 2.90 bits per heavy atom. The van der Waals surface area contributed by atoms with Crippen molar-refractivity contribution < 1.29 is 9.72 Å². The van der Waals surface area contributed by atoms with Crippen molar-refractivity contribution in [1.82, 2.24) is 4.98 Å². The Bertz CT molecular complexity index is 758. The van der Waals surface area contributed by atoms with Crippen molar-refractivity contribution in [3.8, 4) is 0 Å². The second-order valence-corrected chi connectivity index (χ2v) is 4.80. The van der Waals surface area contributed by atoms with E-state index in [2.05, 4.69) is 15.6 Å². The number of aromatic nitrogens is 1. The zero-order valence-electron chi connectivity index (χ0n) is 11.2. The number of carbonyl (C=O) groups excluding carboxylic acids is 1. The van der Waals surface area contributed by atoms with Gasteiger partial charge in [0.05, 0.1) is 11.3 Å². The maximum atomic E-state index is 11.3. The van der Waals surface area contributed by atoms with Gasteiger partial charge < -0.3 is 10.6 Å². The standard InChI is InChI=1S/C14H12N4O3/c1-8-2-5-12(18(20)21)14(15-8)16-10-3-4-11-9(6-10)7-13(19)17-11/h2-6H,7H2,1H3,(H,15,16)(H,17,19). The van der Waals surface area contributed by atoms with Crippen LogP contribution in [0.25, 0.3) is 0 Å². The molecule has 0 saturated carbocycles. The largest absolute Gasteiger partial charge is 0.334 e. The van der Waals surface area contributed by atoms with Crippen molar-refractivity contribution in [3.63, 3.8) is 0 Å². The Morgan fingerprint density at radius 2 is 2.14 bits per heavy atom. The van der Waals surface area contributed by atoms with Crippen LogP contribution in [0, 0.1) is 17.0 Å². The highest BCUT2D eigenvalue weighted by molar-refractivity contribution is 5.99. The molecule has 0 fully saturated rings. The van der Waals surface area contributed by atoms with Crippen LogP contribution >= 0.6 is 0 Å². The summed E-state index contributed by atoms with van der Waals surface area (Å²) >= 11 is 0. The molecule has 0 unspecified atom stereocenters. The van der Waals surface area contributed by atoms with Crippen molar-refractivity contribution in [2.75, 3.05) is 10.6 Å². The van der Waals surface area contributed by atoms with Gasteiger partial charge in [0.25, 0.3) is 0 Å². The number of hydrogen-bond acceptors (Lipinski definition) is 5. The van der Waals surface area contributed by atoms with E-state index in [1.54, 1.807) is 31.2 Å². The minimum absolute atomic E-state index is 0.0539. The summed E-state index contributed by atoms with van der Waals surface area (Å²) in [6.07, 6.45) is 0.314. The second-order valence-electron chi connectivity index (χ2n) is 4.80. The van der Waals surface area contributed by atoms with Crippen LogP contribution in [0.5, 0.6) is 0 Å². The monoisotopic (exact) mass is 284 g/mol. The third-order valence-corrected chi connectivity index (χ3v) is 3.20. The van der Waals surface area contributed by atoms with Crippen LogP contribution in [0.4, 0.5) is 22.9 Å². The van der Waals surface area contributed by atoms with Crippen LogP contribution in [0.1, 0.15) is 11.3 Å². The lowest BCUT2D eigenvalue weighted by Crippen LogP contribution is -2.03. The molecule has 21 heavy (non-hydrogen) atoms. The quantitative estimate of drug-likeness (QED) is 0.666. The molecule has 0 aliphatic carbocycles. The van der Waals surface area contributed by atoms with E-state index in [0.717, 1.165) is 11.3 Å². The Balaban J connectivity index is 1.94. The Morgan fingerprint density at radius 1 is 1.33 bits per heavy atom. The summed E-state index contributed by atoms with van der Waals surface area (Å²) in [5.41, 5.74) is 2.89. The Labute approximate surface area is 120 Å². The summed E-state index contributed by atoms with van der Waals surface area (Å²) in [6, 6.07) is 8.32. The van der Waals surface area contributed by atoms with Crippen molar-refractivity contribution in [2.24, 2.45) is 0 Å². The Hall–Kier alpha value is -2.96. The molecule has 0 spiro atoms. The van der Waals surface area contributed by atoms with Gasteiger partial charge >= 0.3 is 5.69 Å². The van der Waals surface area contributed by atoms with Crippen LogP contribution in [0.2, 0.25) is 0 Å². The first kappa shape index (κ1) is 13.0. The summed E-state index contributed by atoms with van der Waals surface area (Å²) in [5, 5.41) is 16.7. The SMILES string of the molecule is Cc1ccc([N+](=O)[O-])c(Nc2ccc3c(c2)CC(=O)N3)n1. The molecular weight excluding hydrogens is 272 g/mol. The second kappa shape index (κ2) is 4.86. The molecule has 3 rings (SSSR count). The van der Waals surface area contributed by atoms with Crippen LogP contribution in [-0.4, -0.2) is 15.8 Å². The van der Waals surface area contributed by atoms with Crippen molar-refractivity contribution in [3.05, 3.63) is 51.7 Å². The third-order valence-electron chi connectivity index (χ3n) is 3.20. The number of fused-ring (bicyclic) bond motifs is 1. The predicted octanol–water partition coefficient (Wildman–Crippen LogP) is 2.54. The molecule has 7 heteroatoms. The van der Waals surface area contributed by atoms with Crippen molar-refractivity contribution in [1.29, 1.82) is 0 Å². The number of pyridine rings is 1. The summed E-state index contributed by atoms with van der Waals surface area (Å²) < 4.78 is 0. The van der Waals surface area contributed by atoms with Crippen LogP contribution in [0.3, 0.4) is 0 Å². The van der Waals surface area contributed by atoms with Crippen molar-refractivity contribution >= 4 is 28.8 Å². The predicted molar refractivity (Wildman–Crippen MR) is 77.7 cm³/mol. The van der Waals surface area contributed by atoms with E-state index < -0.39 is 4.92 Å². The van der Waals surface area contributed by atoms with Gasteiger partial charge in [0, 0.05) is 23.1 Å². The number of aryl methyl sites for hydroxylation is 1. The topological polar surface area (TPSA) is 97.2 Å². The van der Waals surface area contributed by atoms with E-state index in [0.29, 0.717) is 17.8 Å². The van der Waals surface area contributed by atoms with Crippen LogP contribution < -0.4 is 10.6 Å². The molecule has 0 saturated heterocycles. The van der Waals surface area contributed by atoms with Gasteiger partial charge in [0.2, 0.25) is 11.7 Å². The summed E-state index contributed by atoms with van der Waals surface area (Å²) in [6.45, 7) is 1.76. The maximum absolute atomic E-state index is 11.3. The number of nitrogens with one attached hydrogen (secondary N) is 2. The number of amides is 1. The molecule has 7 nitrogen and oxygen atoms in total. The molecule has 1 aromatic carbocycles. The first-order chi connectivity index (χ1) is 10.0. The highest BCUT2D eigenvalue weighted by Crippen LogP contribution is 2.30. The van der Waals surface area contributed by atoms with E-state index in [9.17, 15) is 14.9 Å². The molecule has 0 radical (unpaired) electrons. The molecule has 2 aromatic rings. The lowest BCUT2D eigenvalue weighted by atomic mass is 10.1.